The third kappa shape index (κ3) is 2.70. The molecule has 1 aromatic heterocycles. The van der Waals surface area contributed by atoms with Crippen LogP contribution in [0.15, 0.2) is 24.5 Å². The summed E-state index contributed by atoms with van der Waals surface area (Å²) in [6, 6.07) is 3.73. The second kappa shape index (κ2) is 6.26. The van der Waals surface area contributed by atoms with E-state index in [-0.39, 0.29) is 29.3 Å². The molecule has 0 aliphatic carbocycles. The van der Waals surface area contributed by atoms with Crippen LogP contribution in [-0.4, -0.2) is 58.8 Å². The zero-order valence-corrected chi connectivity index (χ0v) is 13.5. The van der Waals surface area contributed by atoms with E-state index in [1.807, 2.05) is 18.3 Å². The van der Waals surface area contributed by atoms with Crippen molar-refractivity contribution in [1.82, 2.24) is 20.1 Å². The number of urea groups is 1. The molecule has 118 valence electrons. The largest absolute Gasteiger partial charge is 0.327 e. The van der Waals surface area contributed by atoms with Crippen LogP contribution in [0.1, 0.15) is 12.0 Å². The average Bonchev–Trinajstić information content (AvgIpc) is 2.56. The summed E-state index contributed by atoms with van der Waals surface area (Å²) in [5, 5.41) is 3.52. The standard InChI is InChI=1S/C15H20N4O2S/c1-18-13-12(14(20)19(2)15(18)21)11(5-7-17-13)22-9-10-4-3-6-16-8-10/h3-4,6,8,11-13,17H,5,7,9H2,1-2H3. The Morgan fingerprint density at radius 1 is 1.41 bits per heavy atom. The first kappa shape index (κ1) is 15.3. The minimum Gasteiger partial charge on any atom is -0.311 e. The third-order valence-corrected chi connectivity index (χ3v) is 5.79. The quantitative estimate of drug-likeness (QED) is 0.905. The van der Waals surface area contributed by atoms with Gasteiger partial charge in [-0.25, -0.2) is 4.79 Å². The lowest BCUT2D eigenvalue weighted by atomic mass is 9.91. The second-order valence-electron chi connectivity index (χ2n) is 5.71. The van der Waals surface area contributed by atoms with Gasteiger partial charge in [-0.05, 0) is 24.6 Å². The predicted molar refractivity (Wildman–Crippen MR) is 85.1 cm³/mol. The Bertz CT molecular complexity index is 568. The highest BCUT2D eigenvalue weighted by molar-refractivity contribution is 7.99. The van der Waals surface area contributed by atoms with E-state index >= 15 is 0 Å². The van der Waals surface area contributed by atoms with E-state index in [0.717, 1.165) is 24.3 Å². The molecule has 2 saturated heterocycles. The molecule has 3 rings (SSSR count). The number of nitrogens with zero attached hydrogens (tertiary/aromatic N) is 3. The highest BCUT2D eigenvalue weighted by Gasteiger charge is 2.48. The van der Waals surface area contributed by atoms with E-state index in [1.54, 1.807) is 37.0 Å². The maximum atomic E-state index is 12.6. The van der Waals surface area contributed by atoms with Crippen LogP contribution < -0.4 is 5.32 Å². The molecule has 2 fully saturated rings. The molecular formula is C15H20N4O2S. The van der Waals surface area contributed by atoms with E-state index in [0.29, 0.717) is 0 Å². The number of amides is 3. The Kier molecular flexibility index (Phi) is 4.35. The summed E-state index contributed by atoms with van der Waals surface area (Å²) >= 11 is 1.78. The number of thioether (sulfide) groups is 1. The minimum absolute atomic E-state index is 0.0796. The van der Waals surface area contributed by atoms with Crippen molar-refractivity contribution in [2.24, 2.45) is 5.92 Å². The summed E-state index contributed by atoms with van der Waals surface area (Å²) in [4.78, 5) is 31.6. The molecule has 2 aliphatic rings. The number of hydrogen-bond donors (Lipinski definition) is 1. The molecular weight excluding hydrogens is 300 g/mol. The summed E-state index contributed by atoms with van der Waals surface area (Å²) in [7, 11) is 3.32. The van der Waals surface area contributed by atoms with Crippen LogP contribution in [0.3, 0.4) is 0 Å². The van der Waals surface area contributed by atoms with Gasteiger partial charge in [0.15, 0.2) is 0 Å². The zero-order chi connectivity index (χ0) is 15.7. The van der Waals surface area contributed by atoms with Crippen LogP contribution in [0.2, 0.25) is 0 Å². The van der Waals surface area contributed by atoms with Crippen LogP contribution in [0.5, 0.6) is 0 Å². The average molecular weight is 320 g/mol. The number of imide groups is 1. The number of pyridine rings is 1. The van der Waals surface area contributed by atoms with Gasteiger partial charge in [0.05, 0.1) is 12.1 Å². The number of nitrogens with one attached hydrogen (secondary N) is 1. The lowest BCUT2D eigenvalue weighted by molar-refractivity contribution is -0.138. The number of carbonyl (C=O) groups excluding carboxylic acids is 2. The molecule has 0 bridgehead atoms. The summed E-state index contributed by atoms with van der Waals surface area (Å²) in [6.07, 6.45) is 4.34. The molecule has 3 atom stereocenters. The molecule has 3 unspecified atom stereocenters. The van der Waals surface area contributed by atoms with Gasteiger partial charge in [0, 0.05) is 37.5 Å². The van der Waals surface area contributed by atoms with Crippen LogP contribution >= 0.6 is 11.8 Å². The minimum atomic E-state index is -0.239. The van der Waals surface area contributed by atoms with Gasteiger partial charge in [-0.3, -0.25) is 20.0 Å². The lowest BCUT2D eigenvalue weighted by Crippen LogP contribution is -2.68. The Labute approximate surface area is 134 Å². The topological polar surface area (TPSA) is 65.5 Å². The van der Waals surface area contributed by atoms with Crippen molar-refractivity contribution in [3.63, 3.8) is 0 Å². The van der Waals surface area contributed by atoms with E-state index in [4.69, 9.17) is 0 Å². The lowest BCUT2D eigenvalue weighted by Gasteiger charge is -2.47. The van der Waals surface area contributed by atoms with Crippen molar-refractivity contribution in [3.8, 4) is 0 Å². The molecule has 0 radical (unpaired) electrons. The van der Waals surface area contributed by atoms with Crippen molar-refractivity contribution in [2.75, 3.05) is 20.6 Å². The smallest absolute Gasteiger partial charge is 0.311 e. The first-order valence-corrected chi connectivity index (χ1v) is 8.42. The molecule has 3 amide bonds. The Balaban J connectivity index is 1.74. The van der Waals surface area contributed by atoms with Gasteiger partial charge in [0.25, 0.3) is 0 Å². The highest BCUT2D eigenvalue weighted by Crippen LogP contribution is 2.35. The molecule has 7 heteroatoms. The number of aromatic nitrogens is 1. The van der Waals surface area contributed by atoms with Gasteiger partial charge in [-0.1, -0.05) is 6.07 Å². The molecule has 6 nitrogen and oxygen atoms in total. The van der Waals surface area contributed by atoms with E-state index in [2.05, 4.69) is 10.3 Å². The van der Waals surface area contributed by atoms with Crippen molar-refractivity contribution in [3.05, 3.63) is 30.1 Å². The first-order chi connectivity index (χ1) is 10.6. The van der Waals surface area contributed by atoms with Crippen molar-refractivity contribution in [2.45, 2.75) is 23.6 Å². The summed E-state index contributed by atoms with van der Waals surface area (Å²) < 4.78 is 0. The second-order valence-corrected chi connectivity index (χ2v) is 6.94. The highest BCUT2D eigenvalue weighted by atomic mass is 32.2. The Morgan fingerprint density at radius 2 is 2.23 bits per heavy atom. The summed E-state index contributed by atoms with van der Waals surface area (Å²) in [5.41, 5.74) is 1.16. The summed E-state index contributed by atoms with van der Waals surface area (Å²) in [6.45, 7) is 0.820. The van der Waals surface area contributed by atoms with Crippen LogP contribution in [0.25, 0.3) is 0 Å². The maximum absolute atomic E-state index is 12.6. The molecule has 22 heavy (non-hydrogen) atoms. The van der Waals surface area contributed by atoms with Crippen molar-refractivity contribution < 1.29 is 9.59 Å². The SMILES string of the molecule is CN1C(=O)C2C(SCc3cccnc3)CCNC2N(C)C1=O. The van der Waals surface area contributed by atoms with Gasteiger partial charge in [-0.2, -0.15) is 11.8 Å². The fourth-order valence-corrected chi connectivity index (χ4v) is 4.44. The van der Waals surface area contributed by atoms with Crippen LogP contribution in [-0.2, 0) is 10.5 Å². The van der Waals surface area contributed by atoms with Gasteiger partial charge in [-0.15, -0.1) is 0 Å². The van der Waals surface area contributed by atoms with E-state index in [9.17, 15) is 9.59 Å². The van der Waals surface area contributed by atoms with Crippen LogP contribution in [0, 0.1) is 5.92 Å². The molecule has 0 aromatic carbocycles. The molecule has 1 N–H and O–H groups in total. The van der Waals surface area contributed by atoms with Gasteiger partial charge >= 0.3 is 6.03 Å². The number of carbonyl (C=O) groups is 2. The normalized spacial score (nSPS) is 28.7. The van der Waals surface area contributed by atoms with Gasteiger partial charge in [0.1, 0.15) is 0 Å². The fourth-order valence-electron chi connectivity index (χ4n) is 3.10. The maximum Gasteiger partial charge on any atom is 0.327 e. The molecule has 0 saturated carbocycles. The number of fused-ring (bicyclic) bond motifs is 1. The van der Waals surface area contributed by atoms with E-state index < -0.39 is 0 Å². The van der Waals surface area contributed by atoms with Crippen LogP contribution in [0.4, 0.5) is 4.79 Å². The molecule has 0 spiro atoms. The van der Waals surface area contributed by atoms with Crippen molar-refractivity contribution >= 4 is 23.7 Å². The third-order valence-electron chi connectivity index (χ3n) is 4.33. The van der Waals surface area contributed by atoms with Gasteiger partial charge < -0.3 is 4.90 Å². The number of piperidine rings is 1. The zero-order valence-electron chi connectivity index (χ0n) is 12.7. The molecule has 3 heterocycles. The molecule has 1 aromatic rings. The summed E-state index contributed by atoms with van der Waals surface area (Å²) in [5.74, 6) is 0.559. The number of hydrogen-bond acceptors (Lipinski definition) is 5. The molecule has 2 aliphatic heterocycles. The van der Waals surface area contributed by atoms with E-state index in [1.165, 1.54) is 4.90 Å². The van der Waals surface area contributed by atoms with Gasteiger partial charge in [0.2, 0.25) is 5.91 Å². The number of rotatable bonds is 3. The fraction of sp³-hybridized carbons (Fsp3) is 0.533. The monoisotopic (exact) mass is 320 g/mol. The van der Waals surface area contributed by atoms with Crippen molar-refractivity contribution in [1.29, 1.82) is 0 Å². The Hall–Kier alpha value is -1.60. The Morgan fingerprint density at radius 3 is 2.95 bits per heavy atom. The predicted octanol–water partition coefficient (Wildman–Crippen LogP) is 1.14. The first-order valence-electron chi connectivity index (χ1n) is 7.38.